The maximum absolute atomic E-state index is 13.2. The van der Waals surface area contributed by atoms with Gasteiger partial charge in [0.05, 0.1) is 0 Å². The van der Waals surface area contributed by atoms with Gasteiger partial charge < -0.3 is 0 Å². The maximum Gasteiger partial charge on any atom is 0.166 e. The number of hydrogen-bond acceptors (Lipinski definition) is 1. The minimum atomic E-state index is 0.265. The van der Waals surface area contributed by atoms with Crippen molar-refractivity contribution >= 4 is 5.78 Å². The third kappa shape index (κ3) is 2.10. The van der Waals surface area contributed by atoms with Gasteiger partial charge in [-0.15, -0.1) is 0 Å². The lowest BCUT2D eigenvalue weighted by Crippen LogP contribution is -2.54. The van der Waals surface area contributed by atoms with E-state index in [1.807, 2.05) is 30.3 Å². The van der Waals surface area contributed by atoms with Crippen LogP contribution in [0.3, 0.4) is 0 Å². The first-order chi connectivity index (χ1) is 11.8. The van der Waals surface area contributed by atoms with Gasteiger partial charge in [0.2, 0.25) is 0 Å². The summed E-state index contributed by atoms with van der Waals surface area (Å²) in [7, 11) is 0. The fourth-order valence-corrected chi connectivity index (χ4v) is 6.39. The molecule has 122 valence electrons. The lowest BCUT2D eigenvalue weighted by Gasteiger charge is -2.60. The van der Waals surface area contributed by atoms with Gasteiger partial charge in [0.1, 0.15) is 0 Å². The van der Waals surface area contributed by atoms with Gasteiger partial charge >= 0.3 is 0 Å². The molecule has 24 heavy (non-hydrogen) atoms. The summed E-state index contributed by atoms with van der Waals surface area (Å²) in [6.45, 7) is 0. The Balaban J connectivity index is 1.49. The van der Waals surface area contributed by atoms with E-state index in [0.717, 1.165) is 11.5 Å². The number of carbonyl (C=O) groups excluding carboxylic acids is 1. The average molecular weight is 316 g/mol. The van der Waals surface area contributed by atoms with Crippen LogP contribution in [-0.2, 0) is 5.41 Å². The zero-order valence-electron chi connectivity index (χ0n) is 14.0. The topological polar surface area (TPSA) is 17.1 Å². The minimum absolute atomic E-state index is 0.265. The number of rotatable bonds is 3. The van der Waals surface area contributed by atoms with E-state index >= 15 is 0 Å². The number of benzene rings is 2. The third-order valence-electron chi connectivity index (χ3n) is 7.02. The zero-order chi connectivity index (χ0) is 16.1. The molecule has 2 aromatic rings. The van der Waals surface area contributed by atoms with Gasteiger partial charge in [-0.25, -0.2) is 0 Å². The van der Waals surface area contributed by atoms with E-state index in [4.69, 9.17) is 0 Å². The second kappa shape index (κ2) is 5.31. The SMILES string of the molecule is O=C(c1ccccc1)C1[C@@H]2CC3C[C@H]1CC(c1ccccc1)(C3)C2. The molecule has 0 heterocycles. The van der Waals surface area contributed by atoms with E-state index in [0.29, 0.717) is 23.0 Å². The standard InChI is InChI=1S/C23H24O/c24-22(17-7-3-1-4-8-17)21-18-11-16-12-19(21)15-23(13-16,14-18)20-9-5-2-6-10-20/h1-10,16,18-19,21H,11-15H2/t16?,18-,19+,21?,23?. The molecular formula is C23H24O. The molecule has 2 aromatic carbocycles. The molecule has 0 saturated heterocycles. The Labute approximate surface area is 144 Å². The summed E-state index contributed by atoms with van der Waals surface area (Å²) in [5, 5.41) is 0. The van der Waals surface area contributed by atoms with Gasteiger partial charge in [0.25, 0.3) is 0 Å². The number of ketones is 1. The van der Waals surface area contributed by atoms with Crippen molar-refractivity contribution in [1.82, 2.24) is 0 Å². The molecule has 4 aliphatic rings. The van der Waals surface area contributed by atoms with Crippen LogP contribution in [0.5, 0.6) is 0 Å². The molecule has 1 nitrogen and oxygen atoms in total. The molecule has 3 unspecified atom stereocenters. The van der Waals surface area contributed by atoms with Crippen molar-refractivity contribution in [2.45, 2.75) is 37.5 Å². The van der Waals surface area contributed by atoms with Crippen molar-refractivity contribution in [2.75, 3.05) is 0 Å². The smallest absolute Gasteiger partial charge is 0.166 e. The zero-order valence-corrected chi connectivity index (χ0v) is 14.0. The Kier molecular flexibility index (Phi) is 3.20. The van der Waals surface area contributed by atoms with Crippen LogP contribution >= 0.6 is 0 Å². The fourth-order valence-electron chi connectivity index (χ4n) is 6.39. The Morgan fingerprint density at radius 1 is 0.792 bits per heavy atom. The van der Waals surface area contributed by atoms with Gasteiger partial charge in [-0.2, -0.15) is 0 Å². The van der Waals surface area contributed by atoms with Crippen molar-refractivity contribution in [1.29, 1.82) is 0 Å². The van der Waals surface area contributed by atoms with Crippen LogP contribution in [-0.4, -0.2) is 5.78 Å². The van der Waals surface area contributed by atoms with Crippen LogP contribution in [0.4, 0.5) is 0 Å². The molecule has 4 bridgehead atoms. The molecule has 6 rings (SSSR count). The maximum atomic E-state index is 13.2. The van der Waals surface area contributed by atoms with Crippen molar-refractivity contribution in [2.24, 2.45) is 23.7 Å². The quantitative estimate of drug-likeness (QED) is 0.706. The van der Waals surface area contributed by atoms with E-state index in [2.05, 4.69) is 30.3 Å². The van der Waals surface area contributed by atoms with E-state index in [-0.39, 0.29) is 5.92 Å². The highest BCUT2D eigenvalue weighted by Gasteiger charge is 2.57. The normalized spacial score (nSPS) is 36.7. The highest BCUT2D eigenvalue weighted by atomic mass is 16.1. The largest absolute Gasteiger partial charge is 0.294 e. The summed E-state index contributed by atoms with van der Waals surface area (Å²) >= 11 is 0. The summed E-state index contributed by atoms with van der Waals surface area (Å²) in [6.07, 6.45) is 6.32. The average Bonchev–Trinajstić information content (AvgIpc) is 2.62. The molecule has 4 fully saturated rings. The molecule has 1 heteroatoms. The Hall–Kier alpha value is -1.89. The number of Topliss-reactive ketones (excluding diaryl/α,β-unsaturated/α-hetero) is 1. The van der Waals surface area contributed by atoms with Gasteiger partial charge in [0, 0.05) is 11.5 Å². The molecule has 0 aromatic heterocycles. The highest BCUT2D eigenvalue weighted by Crippen LogP contribution is 2.63. The van der Waals surface area contributed by atoms with E-state index < -0.39 is 0 Å². The predicted molar refractivity (Wildman–Crippen MR) is 95.9 cm³/mol. The van der Waals surface area contributed by atoms with Crippen molar-refractivity contribution in [3.05, 3.63) is 71.8 Å². The van der Waals surface area contributed by atoms with Gasteiger partial charge in [-0.1, -0.05) is 60.7 Å². The summed E-state index contributed by atoms with van der Waals surface area (Å²) in [5.74, 6) is 2.68. The van der Waals surface area contributed by atoms with E-state index in [1.165, 1.54) is 37.7 Å². The molecule has 0 aliphatic heterocycles. The van der Waals surface area contributed by atoms with E-state index in [1.54, 1.807) is 0 Å². The first kappa shape index (κ1) is 14.5. The molecule has 0 N–H and O–H groups in total. The number of hydrogen-bond donors (Lipinski definition) is 0. The molecular weight excluding hydrogens is 292 g/mol. The summed E-state index contributed by atoms with van der Waals surface area (Å²) in [5.41, 5.74) is 2.80. The molecule has 0 spiro atoms. The molecule has 4 aliphatic carbocycles. The third-order valence-corrected chi connectivity index (χ3v) is 7.02. The van der Waals surface area contributed by atoms with Crippen LogP contribution in [0.2, 0.25) is 0 Å². The first-order valence-electron chi connectivity index (χ1n) is 9.40. The fraction of sp³-hybridized carbons (Fsp3) is 0.435. The number of carbonyl (C=O) groups is 1. The van der Waals surface area contributed by atoms with Crippen LogP contribution in [0.15, 0.2) is 60.7 Å². The summed E-state index contributed by atoms with van der Waals surface area (Å²) < 4.78 is 0. The lowest BCUT2D eigenvalue weighted by atomic mass is 9.44. The highest BCUT2D eigenvalue weighted by molar-refractivity contribution is 5.98. The molecule has 5 atom stereocenters. The van der Waals surface area contributed by atoms with Crippen LogP contribution in [0.25, 0.3) is 0 Å². The van der Waals surface area contributed by atoms with Gasteiger partial charge in [0.15, 0.2) is 5.78 Å². The Morgan fingerprint density at radius 2 is 1.38 bits per heavy atom. The monoisotopic (exact) mass is 316 g/mol. The molecule has 0 amide bonds. The second-order valence-electron chi connectivity index (χ2n) is 8.37. The van der Waals surface area contributed by atoms with Crippen molar-refractivity contribution in [3.63, 3.8) is 0 Å². The van der Waals surface area contributed by atoms with Gasteiger partial charge in [-0.05, 0) is 60.8 Å². The first-order valence-corrected chi connectivity index (χ1v) is 9.40. The van der Waals surface area contributed by atoms with Crippen LogP contribution in [0, 0.1) is 23.7 Å². The summed E-state index contributed by atoms with van der Waals surface area (Å²) in [4.78, 5) is 13.2. The Morgan fingerprint density at radius 3 is 2.00 bits per heavy atom. The van der Waals surface area contributed by atoms with Crippen LogP contribution < -0.4 is 0 Å². The van der Waals surface area contributed by atoms with Gasteiger partial charge in [-0.3, -0.25) is 4.79 Å². The van der Waals surface area contributed by atoms with Crippen molar-refractivity contribution < 1.29 is 4.79 Å². The van der Waals surface area contributed by atoms with Crippen molar-refractivity contribution in [3.8, 4) is 0 Å². The molecule has 0 radical (unpaired) electrons. The minimum Gasteiger partial charge on any atom is -0.294 e. The molecule has 4 saturated carbocycles. The predicted octanol–water partition coefficient (Wildman–Crippen LogP) is 5.26. The Bertz CT molecular complexity index is 732. The van der Waals surface area contributed by atoms with E-state index in [9.17, 15) is 4.79 Å². The summed E-state index contributed by atoms with van der Waals surface area (Å²) in [6, 6.07) is 21.1. The lowest BCUT2D eigenvalue weighted by molar-refractivity contribution is -0.0439. The second-order valence-corrected chi connectivity index (χ2v) is 8.37. The van der Waals surface area contributed by atoms with Crippen LogP contribution in [0.1, 0.15) is 48.0 Å².